The van der Waals surface area contributed by atoms with Crippen molar-refractivity contribution in [3.63, 3.8) is 0 Å². The third-order valence-corrected chi connectivity index (χ3v) is 6.11. The Bertz CT molecular complexity index is 1040. The summed E-state index contributed by atoms with van der Waals surface area (Å²) in [7, 11) is 0. The quantitative estimate of drug-likeness (QED) is 0.728. The van der Waals surface area contributed by atoms with Gasteiger partial charge in [0.1, 0.15) is 5.82 Å². The third kappa shape index (κ3) is 2.92. The molecule has 5 nitrogen and oxygen atoms in total. The van der Waals surface area contributed by atoms with E-state index in [0.717, 1.165) is 23.4 Å². The molecular formula is C20H17FN2O3S. The number of aryl methyl sites for hydroxylation is 1. The van der Waals surface area contributed by atoms with Crippen molar-refractivity contribution in [2.75, 3.05) is 18.5 Å². The Morgan fingerprint density at radius 3 is 2.74 bits per heavy atom. The molecule has 1 amide bonds. The number of amides is 1. The van der Waals surface area contributed by atoms with E-state index in [1.54, 1.807) is 24.3 Å². The van der Waals surface area contributed by atoms with E-state index >= 15 is 0 Å². The molecule has 2 heterocycles. The molecule has 0 bridgehead atoms. The molecule has 2 aliphatic rings. The van der Waals surface area contributed by atoms with Crippen LogP contribution in [0.25, 0.3) is 10.8 Å². The number of halogens is 1. The van der Waals surface area contributed by atoms with Gasteiger partial charge in [-0.3, -0.25) is 10.1 Å². The van der Waals surface area contributed by atoms with Gasteiger partial charge in [0.15, 0.2) is 10.9 Å². The first-order chi connectivity index (χ1) is 13.1. The molecule has 138 valence electrons. The van der Waals surface area contributed by atoms with Crippen LogP contribution in [0.15, 0.2) is 36.4 Å². The summed E-state index contributed by atoms with van der Waals surface area (Å²) in [4.78, 5) is 18.4. The van der Waals surface area contributed by atoms with Gasteiger partial charge >= 0.3 is 0 Å². The SMILES string of the molecule is O=C(Nc1nc2c(s1)CC1(CC2)OCCO1)c1ccc(F)c2ccccc12. The zero-order valence-electron chi connectivity index (χ0n) is 14.5. The van der Waals surface area contributed by atoms with Crippen molar-refractivity contribution in [2.24, 2.45) is 0 Å². The maximum absolute atomic E-state index is 14.0. The lowest BCUT2D eigenvalue weighted by Crippen LogP contribution is -2.36. The third-order valence-electron chi connectivity index (χ3n) is 5.10. The zero-order chi connectivity index (χ0) is 18.4. The number of aromatic nitrogens is 1. The van der Waals surface area contributed by atoms with Crippen LogP contribution >= 0.6 is 11.3 Å². The standard InChI is InChI=1S/C20H17FN2O3S/c21-15-6-5-14(12-3-1-2-4-13(12)15)18(24)23-19-22-16-7-8-20(11-17(16)27-19)25-9-10-26-20/h1-6H,7-11H2,(H,22,23,24). The molecule has 0 radical (unpaired) electrons. The lowest BCUT2D eigenvalue weighted by Gasteiger charge is -2.30. The van der Waals surface area contributed by atoms with E-state index in [4.69, 9.17) is 9.47 Å². The predicted octanol–water partition coefficient (Wildman–Crippen LogP) is 3.92. The molecule has 0 atom stereocenters. The number of nitrogens with one attached hydrogen (secondary N) is 1. The molecule has 1 fully saturated rings. The summed E-state index contributed by atoms with van der Waals surface area (Å²) in [6, 6.07) is 9.80. The fourth-order valence-corrected chi connectivity index (χ4v) is 4.87. The number of thiazole rings is 1. The minimum Gasteiger partial charge on any atom is -0.347 e. The smallest absolute Gasteiger partial charge is 0.258 e. The van der Waals surface area contributed by atoms with Gasteiger partial charge in [-0.1, -0.05) is 24.3 Å². The minimum atomic E-state index is -0.520. The van der Waals surface area contributed by atoms with Crippen LogP contribution in [0.4, 0.5) is 9.52 Å². The van der Waals surface area contributed by atoms with E-state index in [-0.39, 0.29) is 11.7 Å². The summed E-state index contributed by atoms with van der Waals surface area (Å²) in [5, 5.41) is 4.44. The molecule has 27 heavy (non-hydrogen) atoms. The van der Waals surface area contributed by atoms with Crippen LogP contribution in [-0.4, -0.2) is 29.9 Å². The first kappa shape index (κ1) is 16.8. The fraction of sp³-hybridized carbons (Fsp3) is 0.300. The molecule has 3 aromatic rings. The van der Waals surface area contributed by atoms with E-state index in [2.05, 4.69) is 10.3 Å². The van der Waals surface area contributed by atoms with Gasteiger partial charge in [0, 0.05) is 28.7 Å². The Kier molecular flexibility index (Phi) is 3.96. The number of carbonyl (C=O) groups is 1. The normalized spacial score (nSPS) is 18.0. The summed E-state index contributed by atoms with van der Waals surface area (Å²) >= 11 is 1.45. The molecule has 5 rings (SSSR count). The van der Waals surface area contributed by atoms with Crippen molar-refractivity contribution < 1.29 is 18.7 Å². The van der Waals surface area contributed by atoms with E-state index in [0.29, 0.717) is 41.1 Å². The van der Waals surface area contributed by atoms with Crippen molar-refractivity contribution in [3.05, 3.63) is 58.3 Å². The molecular weight excluding hydrogens is 367 g/mol. The summed E-state index contributed by atoms with van der Waals surface area (Å²) < 4.78 is 25.6. The number of hydrogen-bond donors (Lipinski definition) is 1. The average Bonchev–Trinajstić information content (AvgIpc) is 3.28. The van der Waals surface area contributed by atoms with Crippen LogP contribution in [0.1, 0.15) is 27.3 Å². The first-order valence-electron chi connectivity index (χ1n) is 8.89. The average molecular weight is 384 g/mol. The van der Waals surface area contributed by atoms with Gasteiger partial charge in [-0.05, 0) is 23.9 Å². The number of rotatable bonds is 2. The number of hydrogen-bond acceptors (Lipinski definition) is 5. The van der Waals surface area contributed by atoms with E-state index in [1.807, 2.05) is 0 Å². The monoisotopic (exact) mass is 384 g/mol. The molecule has 2 aromatic carbocycles. The van der Waals surface area contributed by atoms with Crippen LogP contribution in [0.2, 0.25) is 0 Å². The maximum atomic E-state index is 14.0. The van der Waals surface area contributed by atoms with Crippen molar-refractivity contribution in [1.29, 1.82) is 0 Å². The summed E-state index contributed by atoms with van der Waals surface area (Å²) in [5.41, 5.74) is 1.42. The predicted molar refractivity (Wildman–Crippen MR) is 101 cm³/mol. The number of nitrogens with zero attached hydrogens (tertiary/aromatic N) is 1. The van der Waals surface area contributed by atoms with Gasteiger partial charge in [0.05, 0.1) is 18.9 Å². The second kappa shape index (κ2) is 6.37. The van der Waals surface area contributed by atoms with Crippen molar-refractivity contribution in [2.45, 2.75) is 25.0 Å². The van der Waals surface area contributed by atoms with Crippen LogP contribution in [0, 0.1) is 5.82 Å². The number of fused-ring (bicyclic) bond motifs is 2. The molecule has 1 saturated heterocycles. The van der Waals surface area contributed by atoms with Gasteiger partial charge in [0.2, 0.25) is 0 Å². The van der Waals surface area contributed by atoms with Gasteiger partial charge in [-0.2, -0.15) is 0 Å². The largest absolute Gasteiger partial charge is 0.347 e. The van der Waals surface area contributed by atoms with E-state index in [9.17, 15) is 9.18 Å². The number of carbonyl (C=O) groups excluding carboxylic acids is 1. The first-order valence-corrected chi connectivity index (χ1v) is 9.70. The Balaban J connectivity index is 1.41. The van der Waals surface area contributed by atoms with Crippen molar-refractivity contribution >= 4 is 33.1 Å². The Morgan fingerprint density at radius 1 is 1.15 bits per heavy atom. The second-order valence-electron chi connectivity index (χ2n) is 6.77. The van der Waals surface area contributed by atoms with Crippen LogP contribution < -0.4 is 5.32 Å². The number of anilines is 1. The van der Waals surface area contributed by atoms with Crippen LogP contribution in [0.5, 0.6) is 0 Å². The summed E-state index contributed by atoms with van der Waals surface area (Å²) in [6.07, 6.45) is 2.20. The van der Waals surface area contributed by atoms with Crippen molar-refractivity contribution in [1.82, 2.24) is 4.98 Å². The molecule has 1 aliphatic carbocycles. The molecule has 1 aromatic heterocycles. The topological polar surface area (TPSA) is 60.5 Å². The van der Waals surface area contributed by atoms with Gasteiger partial charge in [-0.15, -0.1) is 11.3 Å². The summed E-state index contributed by atoms with van der Waals surface area (Å²) in [6.45, 7) is 1.24. The zero-order valence-corrected chi connectivity index (χ0v) is 15.3. The van der Waals surface area contributed by atoms with E-state index < -0.39 is 5.79 Å². The van der Waals surface area contributed by atoms with Crippen molar-refractivity contribution in [3.8, 4) is 0 Å². The highest BCUT2D eigenvalue weighted by Crippen LogP contribution is 2.39. The number of ether oxygens (including phenoxy) is 2. The Morgan fingerprint density at radius 2 is 1.93 bits per heavy atom. The second-order valence-corrected chi connectivity index (χ2v) is 7.85. The highest BCUT2D eigenvalue weighted by molar-refractivity contribution is 7.15. The Labute approximate surface area is 159 Å². The van der Waals surface area contributed by atoms with Gasteiger partial charge in [-0.25, -0.2) is 9.37 Å². The minimum absolute atomic E-state index is 0.291. The van der Waals surface area contributed by atoms with Crippen LogP contribution in [-0.2, 0) is 22.3 Å². The number of benzene rings is 2. The van der Waals surface area contributed by atoms with Crippen LogP contribution in [0.3, 0.4) is 0 Å². The highest BCUT2D eigenvalue weighted by Gasteiger charge is 2.41. The molecule has 1 aliphatic heterocycles. The molecule has 1 N–H and O–H groups in total. The molecule has 1 spiro atoms. The maximum Gasteiger partial charge on any atom is 0.258 e. The molecule has 0 unspecified atom stereocenters. The Hall–Kier alpha value is -2.35. The molecule has 0 saturated carbocycles. The van der Waals surface area contributed by atoms with Gasteiger partial charge in [0.25, 0.3) is 5.91 Å². The lowest BCUT2D eigenvalue weighted by molar-refractivity contribution is -0.163. The lowest BCUT2D eigenvalue weighted by atomic mass is 9.96. The summed E-state index contributed by atoms with van der Waals surface area (Å²) in [5.74, 6) is -1.15. The molecule has 7 heteroatoms. The van der Waals surface area contributed by atoms with E-state index in [1.165, 1.54) is 23.5 Å². The fourth-order valence-electron chi connectivity index (χ4n) is 3.78. The highest BCUT2D eigenvalue weighted by atomic mass is 32.1. The van der Waals surface area contributed by atoms with Gasteiger partial charge < -0.3 is 9.47 Å².